The van der Waals surface area contributed by atoms with E-state index in [0.29, 0.717) is 22.7 Å². The summed E-state index contributed by atoms with van der Waals surface area (Å²) in [5.41, 5.74) is 9.23. The quantitative estimate of drug-likeness (QED) is 0.429. The third-order valence-electron chi connectivity index (χ3n) is 4.53. The Morgan fingerprint density at radius 2 is 2.07 bits per heavy atom. The number of benzene rings is 2. The molecule has 0 atom stereocenters. The summed E-state index contributed by atoms with van der Waals surface area (Å²) < 4.78 is 11.5. The number of ketones is 1. The highest BCUT2D eigenvalue weighted by Crippen LogP contribution is 2.40. The van der Waals surface area contributed by atoms with Crippen LogP contribution in [0.15, 0.2) is 42.5 Å². The van der Waals surface area contributed by atoms with E-state index in [1.807, 2.05) is 51.1 Å². The molecule has 3 N–H and O–H groups in total. The van der Waals surface area contributed by atoms with Crippen LogP contribution in [0.3, 0.4) is 0 Å². The normalized spacial score (nSPS) is 14.4. The van der Waals surface area contributed by atoms with Crippen molar-refractivity contribution in [2.24, 2.45) is 0 Å². The molecule has 0 aliphatic carbocycles. The van der Waals surface area contributed by atoms with Crippen molar-refractivity contribution >= 4 is 29.3 Å². The van der Waals surface area contributed by atoms with Gasteiger partial charge in [0.15, 0.2) is 5.78 Å². The molecule has 0 bridgehead atoms. The van der Waals surface area contributed by atoms with Gasteiger partial charge in [0.05, 0.1) is 29.6 Å². The molecule has 0 amide bonds. The number of hydrogen-bond acceptors (Lipinski definition) is 5. The van der Waals surface area contributed by atoms with Crippen molar-refractivity contribution in [3.05, 3.63) is 59.2 Å². The molecule has 0 radical (unpaired) electrons. The summed E-state index contributed by atoms with van der Waals surface area (Å²) >= 11 is 0. The van der Waals surface area contributed by atoms with Crippen molar-refractivity contribution in [2.75, 3.05) is 24.7 Å². The average molecular weight is 378 g/mol. The zero-order chi connectivity index (χ0) is 20.3. The first-order valence-electron chi connectivity index (χ1n) is 9.29. The van der Waals surface area contributed by atoms with Gasteiger partial charge in [0.25, 0.3) is 0 Å². The van der Waals surface area contributed by atoms with E-state index in [-0.39, 0.29) is 5.78 Å². The van der Waals surface area contributed by atoms with E-state index < -0.39 is 5.60 Å². The van der Waals surface area contributed by atoms with Gasteiger partial charge < -0.3 is 20.5 Å². The summed E-state index contributed by atoms with van der Waals surface area (Å²) in [7, 11) is 1.60. The number of rotatable bonds is 6. The van der Waals surface area contributed by atoms with Crippen LogP contribution in [0.4, 0.5) is 11.4 Å². The predicted octanol–water partition coefficient (Wildman–Crippen LogP) is 4.79. The van der Waals surface area contributed by atoms with Crippen LogP contribution < -0.4 is 20.5 Å². The van der Waals surface area contributed by atoms with Gasteiger partial charge in [-0.25, -0.2) is 0 Å². The van der Waals surface area contributed by atoms with Crippen molar-refractivity contribution < 1.29 is 14.3 Å². The van der Waals surface area contributed by atoms with Crippen LogP contribution in [-0.2, 0) is 0 Å². The number of nitrogens with two attached hydrogens (primary N) is 1. The van der Waals surface area contributed by atoms with Gasteiger partial charge in [-0.1, -0.05) is 12.1 Å². The molecule has 0 saturated heterocycles. The first kappa shape index (κ1) is 19.5. The van der Waals surface area contributed by atoms with Gasteiger partial charge in [-0.2, -0.15) is 0 Å². The molecule has 0 aromatic heterocycles. The van der Waals surface area contributed by atoms with Crippen LogP contribution in [0.2, 0.25) is 0 Å². The van der Waals surface area contributed by atoms with E-state index in [9.17, 15) is 4.79 Å². The topological polar surface area (TPSA) is 73.6 Å². The largest absolute Gasteiger partial charge is 0.496 e. The maximum Gasteiger partial charge on any atom is 0.189 e. The number of methoxy groups -OCH3 is 1. The fourth-order valence-corrected chi connectivity index (χ4v) is 3.10. The van der Waals surface area contributed by atoms with Crippen molar-refractivity contribution in [2.45, 2.75) is 26.4 Å². The molecule has 146 valence electrons. The predicted molar refractivity (Wildman–Crippen MR) is 115 cm³/mol. The van der Waals surface area contributed by atoms with E-state index in [2.05, 4.69) is 5.32 Å². The van der Waals surface area contributed by atoms with E-state index >= 15 is 0 Å². The van der Waals surface area contributed by atoms with Crippen LogP contribution in [0.5, 0.6) is 11.5 Å². The molecule has 2 aromatic carbocycles. The van der Waals surface area contributed by atoms with Gasteiger partial charge in [-0.3, -0.25) is 4.79 Å². The molecule has 28 heavy (non-hydrogen) atoms. The zero-order valence-corrected chi connectivity index (χ0v) is 16.7. The van der Waals surface area contributed by atoms with Crippen molar-refractivity contribution in [3.8, 4) is 11.5 Å². The molecule has 0 saturated carbocycles. The Hall–Kier alpha value is -3.21. The van der Waals surface area contributed by atoms with E-state index in [1.54, 1.807) is 31.4 Å². The fourth-order valence-electron chi connectivity index (χ4n) is 3.10. The van der Waals surface area contributed by atoms with Gasteiger partial charge in [-0.15, -0.1) is 0 Å². The lowest BCUT2D eigenvalue weighted by Gasteiger charge is -2.29. The van der Waals surface area contributed by atoms with Crippen LogP contribution in [0.25, 0.3) is 12.2 Å². The summed E-state index contributed by atoms with van der Waals surface area (Å²) in [5.74, 6) is 1.08. The monoisotopic (exact) mass is 378 g/mol. The van der Waals surface area contributed by atoms with Crippen molar-refractivity contribution in [3.63, 3.8) is 0 Å². The maximum absolute atomic E-state index is 12.9. The number of hydrogen-bond donors (Lipinski definition) is 2. The summed E-state index contributed by atoms with van der Waals surface area (Å²) in [4.78, 5) is 12.9. The molecule has 5 nitrogen and oxygen atoms in total. The third-order valence-corrected chi connectivity index (χ3v) is 4.53. The van der Waals surface area contributed by atoms with Crippen LogP contribution in [0, 0.1) is 0 Å². The third kappa shape index (κ3) is 4.03. The Morgan fingerprint density at radius 3 is 2.75 bits per heavy atom. The van der Waals surface area contributed by atoms with Gasteiger partial charge in [0.2, 0.25) is 0 Å². The highest BCUT2D eigenvalue weighted by atomic mass is 16.5. The SMILES string of the molecule is CCNc1ccc(/C=C/C(=O)c2ccc(OC)c3c2OC(C)(C)C=C3)cc1N. The van der Waals surface area contributed by atoms with E-state index in [4.69, 9.17) is 15.2 Å². The molecule has 0 spiro atoms. The Labute approximate surface area is 165 Å². The summed E-state index contributed by atoms with van der Waals surface area (Å²) in [6.07, 6.45) is 7.20. The number of ether oxygens (including phenoxy) is 2. The second-order valence-corrected chi connectivity index (χ2v) is 7.17. The summed E-state index contributed by atoms with van der Waals surface area (Å²) in [6.45, 7) is 6.71. The lowest BCUT2D eigenvalue weighted by molar-refractivity contribution is 0.103. The van der Waals surface area contributed by atoms with Crippen LogP contribution >= 0.6 is 0 Å². The van der Waals surface area contributed by atoms with E-state index in [0.717, 1.165) is 23.4 Å². The first-order chi connectivity index (χ1) is 13.3. The Morgan fingerprint density at radius 1 is 1.29 bits per heavy atom. The second-order valence-electron chi connectivity index (χ2n) is 7.17. The van der Waals surface area contributed by atoms with E-state index in [1.165, 1.54) is 0 Å². The second kappa shape index (κ2) is 7.80. The number of allylic oxidation sites excluding steroid dienone is 1. The van der Waals surface area contributed by atoms with Crippen molar-refractivity contribution in [1.29, 1.82) is 0 Å². The average Bonchev–Trinajstić information content (AvgIpc) is 2.66. The molecule has 1 heterocycles. The number of fused-ring (bicyclic) bond motifs is 1. The minimum atomic E-state index is -0.491. The lowest BCUT2D eigenvalue weighted by Crippen LogP contribution is -2.28. The number of nitrogens with one attached hydrogen (secondary N) is 1. The van der Waals surface area contributed by atoms with Gasteiger partial charge in [0, 0.05) is 6.54 Å². The summed E-state index contributed by atoms with van der Waals surface area (Å²) in [5, 5.41) is 3.20. The number of nitrogen functional groups attached to an aromatic ring is 1. The Balaban J connectivity index is 1.90. The highest BCUT2D eigenvalue weighted by molar-refractivity contribution is 6.09. The van der Waals surface area contributed by atoms with Crippen molar-refractivity contribution in [1.82, 2.24) is 0 Å². The van der Waals surface area contributed by atoms with Crippen LogP contribution in [-0.4, -0.2) is 25.0 Å². The molecule has 0 unspecified atom stereocenters. The molecule has 0 fully saturated rings. The van der Waals surface area contributed by atoms with Gasteiger partial charge in [-0.05, 0) is 68.8 Å². The molecule has 3 rings (SSSR count). The molecule has 1 aliphatic heterocycles. The van der Waals surface area contributed by atoms with Gasteiger partial charge in [0.1, 0.15) is 17.1 Å². The standard InChI is InChI=1S/C23H26N2O3/c1-5-25-19-9-6-15(14-18(19)24)7-10-20(26)16-8-11-21(27-4)17-12-13-23(2,3)28-22(16)17/h6-14,25H,5,24H2,1-4H3/b10-7+. The fraction of sp³-hybridized carbons (Fsp3) is 0.261. The minimum Gasteiger partial charge on any atom is -0.496 e. The molecule has 1 aliphatic rings. The minimum absolute atomic E-state index is 0.140. The zero-order valence-electron chi connectivity index (χ0n) is 16.7. The molecular formula is C23H26N2O3. The highest BCUT2D eigenvalue weighted by Gasteiger charge is 2.27. The first-order valence-corrected chi connectivity index (χ1v) is 9.29. The molecule has 5 heteroatoms. The van der Waals surface area contributed by atoms with Crippen LogP contribution in [0.1, 0.15) is 42.3 Å². The Kier molecular flexibility index (Phi) is 5.45. The number of carbonyl (C=O) groups is 1. The molecule has 2 aromatic rings. The molecular weight excluding hydrogens is 352 g/mol. The van der Waals surface area contributed by atoms with Gasteiger partial charge >= 0.3 is 0 Å². The summed E-state index contributed by atoms with van der Waals surface area (Å²) in [6, 6.07) is 9.20. The number of carbonyl (C=O) groups excluding carboxylic acids is 1. The smallest absolute Gasteiger partial charge is 0.189 e. The lowest BCUT2D eigenvalue weighted by atomic mass is 9.97. The maximum atomic E-state index is 12.9. The Bertz CT molecular complexity index is 959. The number of anilines is 2.